The van der Waals surface area contributed by atoms with E-state index in [9.17, 15) is 36.5 Å². The Morgan fingerprint density at radius 2 is 1.94 bits per heavy atom. The highest BCUT2D eigenvalue weighted by Gasteiger charge is 2.34. The standard InChI is InChI=1S/C17H14ClF3N4O5S/c1-31(29,30)24(12-6-7-14(18)13(8-12)17(19,20)21)10-16(26)23-22-9-11-4-2-3-5-15(11)25(27)28/h2-9H,10H2,1H3,(H,23,26)/b22-9-. The van der Waals surface area contributed by atoms with E-state index in [1.54, 1.807) is 0 Å². The molecule has 9 nitrogen and oxygen atoms in total. The molecule has 0 aliphatic heterocycles. The summed E-state index contributed by atoms with van der Waals surface area (Å²) in [7, 11) is -4.16. The van der Waals surface area contributed by atoms with Crippen molar-refractivity contribution in [2.75, 3.05) is 17.1 Å². The molecule has 0 spiro atoms. The maximum atomic E-state index is 13.1. The molecule has 0 aliphatic carbocycles. The number of nitro groups is 1. The van der Waals surface area contributed by atoms with Crippen LogP contribution in [0.4, 0.5) is 24.5 Å². The molecule has 0 radical (unpaired) electrons. The van der Waals surface area contributed by atoms with E-state index in [2.05, 4.69) is 5.10 Å². The second kappa shape index (κ2) is 9.31. The van der Waals surface area contributed by atoms with Gasteiger partial charge in [0.1, 0.15) is 6.54 Å². The van der Waals surface area contributed by atoms with Crippen molar-refractivity contribution < 1.29 is 31.3 Å². The van der Waals surface area contributed by atoms with Crippen LogP contribution in [-0.4, -0.2) is 38.3 Å². The fourth-order valence-electron chi connectivity index (χ4n) is 2.39. The Kier molecular flexibility index (Phi) is 7.23. The second-order valence-corrected chi connectivity index (χ2v) is 8.35. The minimum atomic E-state index is -4.84. The van der Waals surface area contributed by atoms with Crippen LogP contribution in [0.1, 0.15) is 11.1 Å². The number of carbonyl (C=O) groups excluding carboxylic acids is 1. The lowest BCUT2D eigenvalue weighted by molar-refractivity contribution is -0.385. The number of nitrogens with zero attached hydrogens (tertiary/aromatic N) is 3. The van der Waals surface area contributed by atoms with E-state index in [0.29, 0.717) is 16.6 Å². The third-order valence-electron chi connectivity index (χ3n) is 3.76. The van der Waals surface area contributed by atoms with Gasteiger partial charge in [0.05, 0.1) is 39.2 Å². The van der Waals surface area contributed by atoms with Crippen LogP contribution >= 0.6 is 11.6 Å². The zero-order chi connectivity index (χ0) is 23.4. The fourth-order valence-corrected chi connectivity index (χ4v) is 3.46. The lowest BCUT2D eigenvalue weighted by atomic mass is 10.2. The number of hydrazone groups is 1. The fraction of sp³-hybridized carbons (Fsp3) is 0.176. The molecule has 0 saturated heterocycles. The molecule has 14 heteroatoms. The quantitative estimate of drug-likeness (QED) is 0.372. The van der Waals surface area contributed by atoms with E-state index in [-0.39, 0.29) is 11.3 Å². The Bertz CT molecular complexity index is 1140. The number of alkyl halides is 3. The number of halogens is 4. The summed E-state index contributed by atoms with van der Waals surface area (Å²) in [6.45, 7) is -0.897. The number of benzene rings is 2. The number of rotatable bonds is 7. The van der Waals surface area contributed by atoms with Crippen molar-refractivity contribution >= 4 is 45.1 Å². The van der Waals surface area contributed by atoms with Crippen molar-refractivity contribution in [3.8, 4) is 0 Å². The zero-order valence-electron chi connectivity index (χ0n) is 15.6. The van der Waals surface area contributed by atoms with Crippen LogP contribution in [-0.2, 0) is 21.0 Å². The smallest absolute Gasteiger partial charge is 0.271 e. The van der Waals surface area contributed by atoms with Crippen LogP contribution in [0.15, 0.2) is 47.6 Å². The van der Waals surface area contributed by atoms with Gasteiger partial charge in [-0.1, -0.05) is 23.7 Å². The minimum Gasteiger partial charge on any atom is -0.271 e. The summed E-state index contributed by atoms with van der Waals surface area (Å²) in [6.07, 6.45) is -3.16. The van der Waals surface area contributed by atoms with E-state index in [0.717, 1.165) is 18.3 Å². The number of nitrogens with one attached hydrogen (secondary N) is 1. The summed E-state index contributed by atoms with van der Waals surface area (Å²) in [4.78, 5) is 22.4. The molecule has 166 valence electrons. The van der Waals surface area contributed by atoms with Gasteiger partial charge in [0, 0.05) is 6.07 Å². The van der Waals surface area contributed by atoms with Crippen molar-refractivity contribution in [1.82, 2.24) is 5.43 Å². The highest BCUT2D eigenvalue weighted by Crippen LogP contribution is 2.37. The predicted molar refractivity (Wildman–Crippen MR) is 107 cm³/mol. The third-order valence-corrected chi connectivity index (χ3v) is 5.23. The number of para-hydroxylation sites is 1. The Balaban J connectivity index is 2.23. The average molecular weight is 479 g/mol. The van der Waals surface area contributed by atoms with Gasteiger partial charge in [-0.15, -0.1) is 0 Å². The zero-order valence-corrected chi connectivity index (χ0v) is 17.2. The topological polar surface area (TPSA) is 122 Å². The largest absolute Gasteiger partial charge is 0.417 e. The molecule has 2 rings (SSSR count). The van der Waals surface area contributed by atoms with Crippen LogP contribution in [0.25, 0.3) is 0 Å². The number of anilines is 1. The summed E-state index contributed by atoms with van der Waals surface area (Å²) >= 11 is 5.53. The minimum absolute atomic E-state index is 0.0697. The number of hydrogen-bond donors (Lipinski definition) is 1. The number of amides is 1. The van der Waals surface area contributed by atoms with E-state index < -0.39 is 49.8 Å². The van der Waals surface area contributed by atoms with E-state index in [1.807, 2.05) is 5.43 Å². The first kappa shape index (κ1) is 24.1. The van der Waals surface area contributed by atoms with Gasteiger partial charge in [-0.25, -0.2) is 13.8 Å². The molecule has 1 N–H and O–H groups in total. The normalized spacial score (nSPS) is 12.0. The molecule has 31 heavy (non-hydrogen) atoms. The van der Waals surface area contributed by atoms with Crippen molar-refractivity contribution in [2.24, 2.45) is 5.10 Å². The molecule has 0 bridgehead atoms. The first-order valence-corrected chi connectivity index (χ1v) is 10.4. The molecule has 0 atom stereocenters. The molecule has 0 aliphatic rings. The van der Waals surface area contributed by atoms with Gasteiger partial charge in [-0.3, -0.25) is 19.2 Å². The Labute approximate surface area is 179 Å². The summed E-state index contributed by atoms with van der Waals surface area (Å²) in [5, 5.41) is 13.8. The molecule has 1 amide bonds. The number of nitro benzene ring substituents is 1. The molecule has 2 aromatic carbocycles. The van der Waals surface area contributed by atoms with Crippen LogP contribution in [0.2, 0.25) is 5.02 Å². The van der Waals surface area contributed by atoms with Gasteiger partial charge in [0.2, 0.25) is 10.0 Å². The molecule has 0 heterocycles. The van der Waals surface area contributed by atoms with Crippen LogP contribution in [0, 0.1) is 10.1 Å². The first-order valence-electron chi connectivity index (χ1n) is 8.20. The highest BCUT2D eigenvalue weighted by molar-refractivity contribution is 7.92. The van der Waals surface area contributed by atoms with E-state index in [4.69, 9.17) is 11.6 Å². The van der Waals surface area contributed by atoms with Gasteiger partial charge in [-0.2, -0.15) is 18.3 Å². The molecular formula is C17H14ClF3N4O5S. The van der Waals surface area contributed by atoms with E-state index in [1.165, 1.54) is 24.3 Å². The molecular weight excluding hydrogens is 465 g/mol. The maximum Gasteiger partial charge on any atom is 0.417 e. The summed E-state index contributed by atoms with van der Waals surface area (Å²) in [5.74, 6) is -0.997. The number of hydrogen-bond acceptors (Lipinski definition) is 6. The van der Waals surface area contributed by atoms with Crippen LogP contribution < -0.4 is 9.73 Å². The first-order chi connectivity index (χ1) is 14.3. The predicted octanol–water partition coefficient (Wildman–Crippen LogP) is 3.18. The maximum absolute atomic E-state index is 13.1. The van der Waals surface area contributed by atoms with Crippen LogP contribution in [0.3, 0.4) is 0 Å². The van der Waals surface area contributed by atoms with Crippen molar-refractivity contribution in [2.45, 2.75) is 6.18 Å². The highest BCUT2D eigenvalue weighted by atomic mass is 35.5. The third kappa shape index (κ3) is 6.39. The Morgan fingerprint density at radius 3 is 2.52 bits per heavy atom. The van der Waals surface area contributed by atoms with Gasteiger partial charge >= 0.3 is 6.18 Å². The van der Waals surface area contributed by atoms with Crippen molar-refractivity contribution in [3.05, 3.63) is 68.7 Å². The summed E-state index contributed by atoms with van der Waals surface area (Å²) < 4.78 is 63.7. The summed E-state index contributed by atoms with van der Waals surface area (Å²) in [6, 6.07) is 7.90. The van der Waals surface area contributed by atoms with Gasteiger partial charge < -0.3 is 0 Å². The van der Waals surface area contributed by atoms with Gasteiger partial charge in [0.25, 0.3) is 11.6 Å². The summed E-state index contributed by atoms with van der Waals surface area (Å²) in [5.41, 5.74) is 0.0688. The Hall–Kier alpha value is -3.19. The van der Waals surface area contributed by atoms with Crippen molar-refractivity contribution in [1.29, 1.82) is 0 Å². The van der Waals surface area contributed by atoms with Crippen LogP contribution in [0.5, 0.6) is 0 Å². The number of sulfonamides is 1. The molecule has 0 aromatic heterocycles. The number of carbonyl (C=O) groups is 1. The molecule has 0 fully saturated rings. The average Bonchev–Trinajstić information content (AvgIpc) is 2.65. The second-order valence-electron chi connectivity index (χ2n) is 6.04. The van der Waals surface area contributed by atoms with Gasteiger partial charge in [0.15, 0.2) is 0 Å². The van der Waals surface area contributed by atoms with E-state index >= 15 is 0 Å². The Morgan fingerprint density at radius 1 is 1.29 bits per heavy atom. The molecule has 2 aromatic rings. The SMILES string of the molecule is CS(=O)(=O)N(CC(=O)N/N=C\c1ccccc1[N+](=O)[O-])c1ccc(Cl)c(C(F)(F)F)c1. The van der Waals surface area contributed by atoms with Gasteiger partial charge in [-0.05, 0) is 24.3 Å². The molecule has 0 saturated carbocycles. The lowest BCUT2D eigenvalue weighted by Gasteiger charge is -2.22. The molecule has 0 unspecified atom stereocenters. The monoisotopic (exact) mass is 478 g/mol. The van der Waals surface area contributed by atoms with Crippen molar-refractivity contribution in [3.63, 3.8) is 0 Å². The lowest BCUT2D eigenvalue weighted by Crippen LogP contribution is -2.39.